The monoisotopic (exact) mass is 375 g/mol. The van der Waals surface area contributed by atoms with E-state index in [9.17, 15) is 9.59 Å². The minimum absolute atomic E-state index is 0.00617. The Balaban J connectivity index is 1.35. The fourth-order valence-electron chi connectivity index (χ4n) is 3.73. The molecule has 1 fully saturated rings. The van der Waals surface area contributed by atoms with Crippen molar-refractivity contribution in [3.05, 3.63) is 70.0 Å². The summed E-state index contributed by atoms with van der Waals surface area (Å²) in [5.74, 6) is 0.00617. The first-order valence-electron chi connectivity index (χ1n) is 9.86. The molecule has 1 aliphatic heterocycles. The first-order valence-corrected chi connectivity index (χ1v) is 9.86. The van der Waals surface area contributed by atoms with Crippen LogP contribution in [-0.2, 0) is 11.2 Å². The lowest BCUT2D eigenvalue weighted by Gasteiger charge is -2.17. The number of anilines is 2. The van der Waals surface area contributed by atoms with E-state index in [1.54, 1.807) is 6.92 Å². The van der Waals surface area contributed by atoms with Gasteiger partial charge in [-0.25, -0.2) is 0 Å². The number of nitrogens with one attached hydrogen (secondary N) is 2. The SMILES string of the molecule is Cc1cc2cc(CCC(=O)Nc3ccc(N4CCCC4)cc3)ccc2[nH]c1=O. The van der Waals surface area contributed by atoms with Crippen LogP contribution in [0, 0.1) is 6.92 Å². The number of aryl methyl sites for hydroxylation is 2. The third-order valence-corrected chi connectivity index (χ3v) is 5.36. The highest BCUT2D eigenvalue weighted by atomic mass is 16.1. The van der Waals surface area contributed by atoms with Gasteiger partial charge in [0, 0.05) is 42.0 Å². The molecule has 0 bridgehead atoms. The zero-order valence-electron chi connectivity index (χ0n) is 16.1. The molecule has 144 valence electrons. The summed E-state index contributed by atoms with van der Waals surface area (Å²) < 4.78 is 0. The topological polar surface area (TPSA) is 65.2 Å². The van der Waals surface area contributed by atoms with Crippen LogP contribution >= 0.6 is 0 Å². The molecule has 2 N–H and O–H groups in total. The predicted molar refractivity (Wildman–Crippen MR) is 114 cm³/mol. The van der Waals surface area contributed by atoms with Crippen molar-refractivity contribution >= 4 is 28.2 Å². The van der Waals surface area contributed by atoms with E-state index in [1.807, 2.05) is 36.4 Å². The lowest BCUT2D eigenvalue weighted by Crippen LogP contribution is -2.17. The third-order valence-electron chi connectivity index (χ3n) is 5.36. The van der Waals surface area contributed by atoms with Gasteiger partial charge in [-0.2, -0.15) is 0 Å². The molecule has 4 rings (SSSR count). The summed E-state index contributed by atoms with van der Waals surface area (Å²) in [6, 6.07) is 15.9. The van der Waals surface area contributed by atoms with Crippen molar-refractivity contribution in [2.45, 2.75) is 32.6 Å². The van der Waals surface area contributed by atoms with Gasteiger partial charge in [0.05, 0.1) is 0 Å². The molecule has 1 saturated heterocycles. The number of hydrogen-bond donors (Lipinski definition) is 2. The van der Waals surface area contributed by atoms with Crippen LogP contribution in [0.4, 0.5) is 11.4 Å². The van der Waals surface area contributed by atoms with E-state index in [0.717, 1.165) is 35.2 Å². The normalized spacial score (nSPS) is 13.8. The second-order valence-electron chi connectivity index (χ2n) is 7.49. The molecule has 2 heterocycles. The van der Waals surface area contributed by atoms with Gasteiger partial charge in [-0.3, -0.25) is 9.59 Å². The van der Waals surface area contributed by atoms with E-state index in [1.165, 1.54) is 18.5 Å². The minimum atomic E-state index is -0.0598. The summed E-state index contributed by atoms with van der Waals surface area (Å²) in [7, 11) is 0. The summed E-state index contributed by atoms with van der Waals surface area (Å²) in [5, 5.41) is 3.97. The van der Waals surface area contributed by atoms with Crippen LogP contribution in [0.3, 0.4) is 0 Å². The molecular formula is C23H25N3O2. The molecule has 1 amide bonds. The zero-order valence-corrected chi connectivity index (χ0v) is 16.1. The van der Waals surface area contributed by atoms with E-state index in [2.05, 4.69) is 27.3 Å². The number of carbonyl (C=O) groups is 1. The number of amides is 1. The number of hydrogen-bond acceptors (Lipinski definition) is 3. The van der Waals surface area contributed by atoms with Crippen molar-refractivity contribution in [1.29, 1.82) is 0 Å². The van der Waals surface area contributed by atoms with Gasteiger partial charge in [-0.1, -0.05) is 6.07 Å². The number of carbonyl (C=O) groups excluding carboxylic acids is 1. The van der Waals surface area contributed by atoms with E-state index in [0.29, 0.717) is 18.4 Å². The molecule has 28 heavy (non-hydrogen) atoms. The number of rotatable bonds is 5. The molecule has 0 aliphatic carbocycles. The Labute approximate surface area is 164 Å². The number of aromatic amines is 1. The minimum Gasteiger partial charge on any atom is -0.372 e. The molecule has 2 aromatic carbocycles. The van der Waals surface area contributed by atoms with Crippen molar-refractivity contribution in [2.75, 3.05) is 23.3 Å². The predicted octanol–water partition coefficient (Wildman–Crippen LogP) is 4.01. The second-order valence-corrected chi connectivity index (χ2v) is 7.49. The van der Waals surface area contributed by atoms with E-state index in [4.69, 9.17) is 0 Å². The first kappa shape index (κ1) is 18.3. The van der Waals surface area contributed by atoms with Crippen LogP contribution in [-0.4, -0.2) is 24.0 Å². The molecule has 0 unspecified atom stereocenters. The molecule has 1 aliphatic rings. The van der Waals surface area contributed by atoms with Crippen molar-refractivity contribution < 1.29 is 4.79 Å². The number of fused-ring (bicyclic) bond motifs is 1. The Hall–Kier alpha value is -3.08. The maximum atomic E-state index is 12.3. The van der Waals surface area contributed by atoms with Crippen LogP contribution in [0.1, 0.15) is 30.4 Å². The Morgan fingerprint density at radius 2 is 1.82 bits per heavy atom. The first-order chi connectivity index (χ1) is 13.6. The number of H-pyrrole nitrogens is 1. The molecule has 0 spiro atoms. The molecular weight excluding hydrogens is 350 g/mol. The summed E-state index contributed by atoms with van der Waals surface area (Å²) in [5.41, 5.74) is 4.59. The molecule has 1 aromatic heterocycles. The number of nitrogens with zero attached hydrogens (tertiary/aromatic N) is 1. The van der Waals surface area contributed by atoms with E-state index < -0.39 is 0 Å². The van der Waals surface area contributed by atoms with Gasteiger partial charge >= 0.3 is 0 Å². The fraction of sp³-hybridized carbons (Fsp3) is 0.304. The van der Waals surface area contributed by atoms with Gasteiger partial charge in [0.15, 0.2) is 0 Å². The Morgan fingerprint density at radius 1 is 1.07 bits per heavy atom. The number of benzene rings is 2. The maximum Gasteiger partial charge on any atom is 0.251 e. The lowest BCUT2D eigenvalue weighted by molar-refractivity contribution is -0.116. The molecule has 3 aromatic rings. The average molecular weight is 375 g/mol. The molecule has 5 heteroatoms. The highest BCUT2D eigenvalue weighted by Crippen LogP contribution is 2.22. The lowest BCUT2D eigenvalue weighted by atomic mass is 10.1. The largest absolute Gasteiger partial charge is 0.372 e. The Bertz CT molecular complexity index is 1050. The summed E-state index contributed by atoms with van der Waals surface area (Å²) >= 11 is 0. The van der Waals surface area contributed by atoms with E-state index >= 15 is 0 Å². The third kappa shape index (κ3) is 4.09. The smallest absolute Gasteiger partial charge is 0.251 e. The Morgan fingerprint density at radius 3 is 2.57 bits per heavy atom. The van der Waals surface area contributed by atoms with Gasteiger partial charge in [0.2, 0.25) is 5.91 Å². The zero-order chi connectivity index (χ0) is 19.5. The number of aromatic nitrogens is 1. The van der Waals surface area contributed by atoms with Crippen molar-refractivity contribution in [2.24, 2.45) is 0 Å². The summed E-state index contributed by atoms with van der Waals surface area (Å²) in [6.07, 6.45) is 3.58. The van der Waals surface area contributed by atoms with Crippen LogP contribution in [0.2, 0.25) is 0 Å². The molecule has 0 saturated carbocycles. The van der Waals surface area contributed by atoms with Crippen molar-refractivity contribution in [3.63, 3.8) is 0 Å². The number of pyridine rings is 1. The maximum absolute atomic E-state index is 12.3. The highest BCUT2D eigenvalue weighted by molar-refractivity contribution is 5.91. The molecule has 0 atom stereocenters. The fourth-order valence-corrected chi connectivity index (χ4v) is 3.73. The highest BCUT2D eigenvalue weighted by Gasteiger charge is 2.12. The summed E-state index contributed by atoms with van der Waals surface area (Å²) in [6.45, 7) is 4.03. The average Bonchev–Trinajstić information content (AvgIpc) is 3.23. The second kappa shape index (κ2) is 7.89. The van der Waals surface area contributed by atoms with Crippen molar-refractivity contribution in [3.8, 4) is 0 Å². The van der Waals surface area contributed by atoms with Crippen LogP contribution < -0.4 is 15.8 Å². The van der Waals surface area contributed by atoms with Crippen LogP contribution in [0.15, 0.2) is 53.3 Å². The van der Waals surface area contributed by atoms with Gasteiger partial charge in [-0.05, 0) is 79.6 Å². The van der Waals surface area contributed by atoms with Gasteiger partial charge in [0.1, 0.15) is 0 Å². The molecule has 5 nitrogen and oxygen atoms in total. The van der Waals surface area contributed by atoms with Gasteiger partial charge in [0.25, 0.3) is 5.56 Å². The van der Waals surface area contributed by atoms with Gasteiger partial charge in [-0.15, -0.1) is 0 Å². The van der Waals surface area contributed by atoms with Crippen LogP contribution in [0.25, 0.3) is 10.9 Å². The quantitative estimate of drug-likeness (QED) is 0.708. The van der Waals surface area contributed by atoms with Crippen LogP contribution in [0.5, 0.6) is 0 Å². The Kier molecular flexibility index (Phi) is 5.15. The molecule has 0 radical (unpaired) electrons. The van der Waals surface area contributed by atoms with Crippen molar-refractivity contribution in [1.82, 2.24) is 4.98 Å². The van der Waals surface area contributed by atoms with Gasteiger partial charge < -0.3 is 15.2 Å². The summed E-state index contributed by atoms with van der Waals surface area (Å²) in [4.78, 5) is 29.3. The van der Waals surface area contributed by atoms with E-state index in [-0.39, 0.29) is 11.5 Å². The standard InChI is InChI=1S/C23H25N3O2/c1-16-14-18-15-17(4-10-21(18)25-23(16)28)5-11-22(27)24-19-6-8-20(9-7-19)26-12-2-3-13-26/h4,6-10,14-15H,2-3,5,11-13H2,1H3,(H,24,27)(H,25,28).